The topological polar surface area (TPSA) is 128 Å². The molecule has 0 atom stereocenters. The standard InChI is InChI=1S/C28H25N5O4S2/c1-38(34,35)22-13-9-20(10-14-22)27-31-25-18-30-28-24(26(25)33(27)21-11-7-19(17-29)8-12-21)15-16-32(28)39(36,37)23-5-3-2-4-6-23/h2-6,9-10,13-16,18-19,21H,7-8,11-12H2,1H3. The lowest BCUT2D eigenvalue weighted by Crippen LogP contribution is -2.18. The van der Waals surface area contributed by atoms with Gasteiger partial charge in [0.05, 0.1) is 27.6 Å². The molecule has 6 rings (SSSR count). The maximum Gasteiger partial charge on any atom is 0.269 e. The van der Waals surface area contributed by atoms with Crippen LogP contribution in [-0.4, -0.2) is 41.6 Å². The highest BCUT2D eigenvalue weighted by Crippen LogP contribution is 2.40. The molecule has 3 heterocycles. The summed E-state index contributed by atoms with van der Waals surface area (Å²) in [6.45, 7) is 0. The van der Waals surface area contributed by atoms with Crippen molar-refractivity contribution in [1.29, 1.82) is 5.26 Å². The fraction of sp³-hybridized carbons (Fsp3) is 0.250. The molecule has 1 saturated carbocycles. The SMILES string of the molecule is CS(=O)(=O)c1ccc(-c2nc3cnc4c(ccn4S(=O)(=O)c4ccccc4)c3n2C2CCC(C#N)CC2)cc1. The Hall–Kier alpha value is -4.01. The van der Waals surface area contributed by atoms with Crippen LogP contribution in [0.5, 0.6) is 0 Å². The lowest BCUT2D eigenvalue weighted by Gasteiger charge is -2.28. The first-order chi connectivity index (χ1) is 18.7. The van der Waals surface area contributed by atoms with Crippen molar-refractivity contribution >= 4 is 41.9 Å². The van der Waals surface area contributed by atoms with Gasteiger partial charge in [-0.25, -0.2) is 30.8 Å². The molecule has 39 heavy (non-hydrogen) atoms. The number of sulfone groups is 1. The van der Waals surface area contributed by atoms with Gasteiger partial charge in [0.2, 0.25) is 0 Å². The molecule has 2 aromatic carbocycles. The highest BCUT2D eigenvalue weighted by atomic mass is 32.2. The van der Waals surface area contributed by atoms with E-state index in [0.29, 0.717) is 22.4 Å². The maximum atomic E-state index is 13.5. The van der Waals surface area contributed by atoms with Gasteiger partial charge in [0.25, 0.3) is 10.0 Å². The molecule has 0 radical (unpaired) electrons. The van der Waals surface area contributed by atoms with Crippen LogP contribution in [0.3, 0.4) is 0 Å². The van der Waals surface area contributed by atoms with Gasteiger partial charge >= 0.3 is 0 Å². The van der Waals surface area contributed by atoms with Gasteiger partial charge in [0.1, 0.15) is 11.3 Å². The normalized spacial score (nSPS) is 18.4. The molecule has 3 aromatic heterocycles. The van der Waals surface area contributed by atoms with Gasteiger partial charge < -0.3 is 4.57 Å². The van der Waals surface area contributed by atoms with Crippen LogP contribution in [0.15, 0.2) is 82.8 Å². The Morgan fingerprint density at radius 1 is 0.897 bits per heavy atom. The van der Waals surface area contributed by atoms with E-state index in [-0.39, 0.29) is 21.8 Å². The van der Waals surface area contributed by atoms with Crippen molar-refractivity contribution in [2.45, 2.75) is 41.5 Å². The Morgan fingerprint density at radius 2 is 1.59 bits per heavy atom. The Kier molecular flexibility index (Phi) is 6.04. The lowest BCUT2D eigenvalue weighted by atomic mass is 9.86. The second-order valence-electron chi connectivity index (χ2n) is 9.90. The Morgan fingerprint density at radius 3 is 2.23 bits per heavy atom. The quantitative estimate of drug-likeness (QED) is 0.298. The first-order valence-corrected chi connectivity index (χ1v) is 15.9. The summed E-state index contributed by atoms with van der Waals surface area (Å²) < 4.78 is 54.3. The molecule has 0 spiro atoms. The zero-order valence-corrected chi connectivity index (χ0v) is 22.7. The molecule has 0 unspecified atom stereocenters. The summed E-state index contributed by atoms with van der Waals surface area (Å²) in [5.41, 5.74) is 2.43. The van der Waals surface area contributed by atoms with Crippen LogP contribution in [-0.2, 0) is 19.9 Å². The molecule has 0 saturated heterocycles. The van der Waals surface area contributed by atoms with Gasteiger partial charge in [-0.1, -0.05) is 18.2 Å². The van der Waals surface area contributed by atoms with Gasteiger partial charge in [-0.05, 0) is 68.1 Å². The number of aromatic nitrogens is 4. The van der Waals surface area contributed by atoms with Crippen LogP contribution in [0.1, 0.15) is 31.7 Å². The highest BCUT2D eigenvalue weighted by molar-refractivity contribution is 7.90. The minimum atomic E-state index is -3.87. The number of fused-ring (bicyclic) bond motifs is 3. The smallest absolute Gasteiger partial charge is 0.269 e. The molecule has 0 aliphatic heterocycles. The van der Waals surface area contributed by atoms with Crippen molar-refractivity contribution < 1.29 is 16.8 Å². The van der Waals surface area contributed by atoms with Crippen LogP contribution in [0, 0.1) is 17.2 Å². The lowest BCUT2D eigenvalue weighted by molar-refractivity contribution is 0.320. The second kappa shape index (κ2) is 9.32. The summed E-state index contributed by atoms with van der Waals surface area (Å²) in [7, 11) is -7.23. The number of nitriles is 1. The minimum Gasteiger partial charge on any atom is -0.320 e. The zero-order valence-electron chi connectivity index (χ0n) is 21.1. The van der Waals surface area contributed by atoms with Crippen molar-refractivity contribution in [1.82, 2.24) is 18.5 Å². The maximum absolute atomic E-state index is 13.5. The van der Waals surface area contributed by atoms with Crippen LogP contribution < -0.4 is 0 Å². The van der Waals surface area contributed by atoms with E-state index >= 15 is 0 Å². The molecule has 5 aromatic rings. The monoisotopic (exact) mass is 559 g/mol. The van der Waals surface area contributed by atoms with E-state index in [2.05, 4.69) is 15.6 Å². The van der Waals surface area contributed by atoms with E-state index in [4.69, 9.17) is 4.98 Å². The number of hydrogen-bond acceptors (Lipinski definition) is 7. The molecule has 1 aliphatic carbocycles. The van der Waals surface area contributed by atoms with E-state index < -0.39 is 19.9 Å². The number of hydrogen-bond donors (Lipinski definition) is 0. The van der Waals surface area contributed by atoms with Gasteiger partial charge in [0, 0.05) is 35.4 Å². The summed E-state index contributed by atoms with van der Waals surface area (Å²) in [5, 5.41) is 10.1. The van der Waals surface area contributed by atoms with E-state index in [1.807, 2.05) is 0 Å². The first-order valence-electron chi connectivity index (χ1n) is 12.6. The van der Waals surface area contributed by atoms with Crippen molar-refractivity contribution in [3.05, 3.63) is 73.1 Å². The van der Waals surface area contributed by atoms with Crippen molar-refractivity contribution in [2.75, 3.05) is 6.26 Å². The van der Waals surface area contributed by atoms with Gasteiger partial charge in [-0.15, -0.1) is 0 Å². The minimum absolute atomic E-state index is 0.00677. The van der Waals surface area contributed by atoms with Crippen molar-refractivity contribution in [3.8, 4) is 17.5 Å². The number of nitrogens with zero attached hydrogens (tertiary/aromatic N) is 5. The number of imidazole rings is 1. The molecule has 0 N–H and O–H groups in total. The molecule has 9 nitrogen and oxygen atoms in total. The van der Waals surface area contributed by atoms with Crippen LogP contribution in [0.25, 0.3) is 33.5 Å². The average molecular weight is 560 g/mol. The summed E-state index contributed by atoms with van der Waals surface area (Å²) in [5.74, 6) is 0.658. The predicted molar refractivity (Wildman–Crippen MR) is 147 cm³/mol. The fourth-order valence-corrected chi connectivity index (χ4v) is 7.37. The van der Waals surface area contributed by atoms with E-state index in [1.54, 1.807) is 66.9 Å². The largest absolute Gasteiger partial charge is 0.320 e. The molecular formula is C28H25N5O4S2. The van der Waals surface area contributed by atoms with Crippen molar-refractivity contribution in [2.24, 2.45) is 5.92 Å². The fourth-order valence-electron chi connectivity index (χ4n) is 5.42. The summed E-state index contributed by atoms with van der Waals surface area (Å²) >= 11 is 0. The number of benzene rings is 2. The van der Waals surface area contributed by atoms with E-state index in [1.165, 1.54) is 16.4 Å². The third-order valence-electron chi connectivity index (χ3n) is 7.41. The number of rotatable bonds is 5. The summed E-state index contributed by atoms with van der Waals surface area (Å²) in [6, 6.07) is 19.0. The van der Waals surface area contributed by atoms with Crippen LogP contribution >= 0.6 is 0 Å². The third-order valence-corrected chi connectivity index (χ3v) is 10.2. The van der Waals surface area contributed by atoms with Gasteiger partial charge in [-0.3, -0.25) is 0 Å². The number of pyridine rings is 1. The Labute approximate surface area is 226 Å². The van der Waals surface area contributed by atoms with Crippen LogP contribution in [0.2, 0.25) is 0 Å². The van der Waals surface area contributed by atoms with Gasteiger partial charge in [-0.2, -0.15) is 5.26 Å². The molecule has 1 aliphatic rings. The second-order valence-corrected chi connectivity index (χ2v) is 13.7. The summed E-state index contributed by atoms with van der Waals surface area (Å²) in [4.78, 5) is 9.79. The molecule has 0 bridgehead atoms. The predicted octanol–water partition coefficient (Wildman–Crippen LogP) is 4.95. The third kappa shape index (κ3) is 4.30. The molecule has 1 fully saturated rings. The Balaban J connectivity index is 1.57. The van der Waals surface area contributed by atoms with Crippen LogP contribution in [0.4, 0.5) is 0 Å². The Bertz CT molecular complexity index is 1960. The van der Waals surface area contributed by atoms with Gasteiger partial charge in [0.15, 0.2) is 15.5 Å². The van der Waals surface area contributed by atoms with Crippen molar-refractivity contribution in [3.63, 3.8) is 0 Å². The molecule has 11 heteroatoms. The molecular weight excluding hydrogens is 534 g/mol. The average Bonchev–Trinajstić information content (AvgIpc) is 3.55. The van der Waals surface area contributed by atoms with E-state index in [0.717, 1.165) is 36.8 Å². The zero-order chi connectivity index (χ0) is 27.4. The molecule has 0 amide bonds. The first kappa shape index (κ1) is 25.3. The highest BCUT2D eigenvalue weighted by Gasteiger charge is 2.29. The summed E-state index contributed by atoms with van der Waals surface area (Å²) in [6.07, 6.45) is 7.32. The molecule has 198 valence electrons. The van der Waals surface area contributed by atoms with E-state index in [9.17, 15) is 22.1 Å².